The molecule has 5 rings (SSSR count). The Morgan fingerprint density at radius 3 is 2.62 bits per heavy atom. The van der Waals surface area contributed by atoms with Crippen LogP contribution in [0.15, 0.2) is 35.3 Å². The van der Waals surface area contributed by atoms with Crippen LogP contribution < -0.4 is 5.56 Å². The Bertz CT molecular complexity index is 1140. The van der Waals surface area contributed by atoms with Gasteiger partial charge in [0.2, 0.25) is 5.91 Å². The highest BCUT2D eigenvalue weighted by molar-refractivity contribution is 5.83. The molecular weight excluding hydrogens is 366 g/mol. The zero-order valence-electron chi connectivity index (χ0n) is 16.7. The third-order valence-corrected chi connectivity index (χ3v) is 6.01. The van der Waals surface area contributed by atoms with Gasteiger partial charge < -0.3 is 4.90 Å². The van der Waals surface area contributed by atoms with Crippen molar-refractivity contribution in [1.29, 1.82) is 0 Å². The van der Waals surface area contributed by atoms with Gasteiger partial charge in [-0.2, -0.15) is 10.2 Å². The number of hydrogen-bond acceptors (Lipinski definition) is 4. The predicted molar refractivity (Wildman–Crippen MR) is 110 cm³/mol. The minimum absolute atomic E-state index is 0.00650. The summed E-state index contributed by atoms with van der Waals surface area (Å²) in [6.45, 7) is 3.54. The molecule has 0 radical (unpaired) electrons. The number of carbonyl (C=O) groups excluding carboxylic acids is 1. The van der Waals surface area contributed by atoms with E-state index >= 15 is 0 Å². The molecule has 3 aromatic rings. The van der Waals surface area contributed by atoms with Gasteiger partial charge in [-0.1, -0.05) is 18.2 Å². The third kappa shape index (κ3) is 3.24. The van der Waals surface area contributed by atoms with Crippen molar-refractivity contribution in [3.8, 4) is 5.69 Å². The molecule has 2 aromatic heterocycles. The molecule has 1 saturated carbocycles. The van der Waals surface area contributed by atoms with Gasteiger partial charge in [0.15, 0.2) is 0 Å². The van der Waals surface area contributed by atoms with Gasteiger partial charge in [-0.15, -0.1) is 0 Å². The van der Waals surface area contributed by atoms with E-state index < -0.39 is 0 Å². The van der Waals surface area contributed by atoms with Gasteiger partial charge in [-0.25, -0.2) is 9.36 Å². The highest BCUT2D eigenvalue weighted by atomic mass is 16.2. The minimum Gasteiger partial charge on any atom is -0.341 e. The number of para-hydroxylation sites is 1. The van der Waals surface area contributed by atoms with Crippen molar-refractivity contribution >= 4 is 16.8 Å². The zero-order valence-corrected chi connectivity index (χ0v) is 16.7. The normalized spacial score (nSPS) is 17.1. The zero-order chi connectivity index (χ0) is 20.0. The molecule has 150 valence electrons. The van der Waals surface area contributed by atoms with Crippen LogP contribution in [0, 0.1) is 6.92 Å². The number of likely N-dealkylation sites (tertiary alicyclic amines) is 1. The van der Waals surface area contributed by atoms with Crippen molar-refractivity contribution in [2.75, 3.05) is 13.1 Å². The quantitative estimate of drug-likeness (QED) is 0.686. The summed E-state index contributed by atoms with van der Waals surface area (Å²) in [7, 11) is 0. The lowest BCUT2D eigenvalue weighted by molar-refractivity contribution is -0.133. The molecule has 2 fully saturated rings. The van der Waals surface area contributed by atoms with Crippen LogP contribution in [0.2, 0.25) is 0 Å². The lowest BCUT2D eigenvalue weighted by Gasteiger charge is -2.26. The van der Waals surface area contributed by atoms with Crippen LogP contribution in [0.4, 0.5) is 0 Å². The summed E-state index contributed by atoms with van der Waals surface area (Å²) in [5, 5.41) is 9.97. The topological polar surface area (TPSA) is 73.0 Å². The van der Waals surface area contributed by atoms with E-state index in [2.05, 4.69) is 10.2 Å². The fourth-order valence-electron chi connectivity index (χ4n) is 4.21. The van der Waals surface area contributed by atoms with Crippen molar-refractivity contribution < 1.29 is 4.79 Å². The Labute approximate surface area is 168 Å². The fourth-order valence-corrected chi connectivity index (χ4v) is 4.21. The third-order valence-electron chi connectivity index (χ3n) is 6.01. The maximum Gasteiger partial charge on any atom is 0.293 e. The largest absolute Gasteiger partial charge is 0.341 e. The van der Waals surface area contributed by atoms with Gasteiger partial charge in [-0.3, -0.25) is 9.59 Å². The molecule has 0 bridgehead atoms. The molecule has 7 heteroatoms. The van der Waals surface area contributed by atoms with Crippen molar-refractivity contribution in [1.82, 2.24) is 24.5 Å². The SMILES string of the molecule is Cc1ccccc1-n1ncc2c(C3CC3)nn(CC(=O)N3CCCCC3)c(=O)c21. The van der Waals surface area contributed by atoms with Crippen molar-refractivity contribution in [3.05, 3.63) is 52.1 Å². The van der Waals surface area contributed by atoms with Crippen molar-refractivity contribution in [3.63, 3.8) is 0 Å². The molecular formula is C22H25N5O2. The summed E-state index contributed by atoms with van der Waals surface area (Å²) >= 11 is 0. The number of rotatable bonds is 4. The highest BCUT2D eigenvalue weighted by Gasteiger charge is 2.31. The van der Waals surface area contributed by atoms with E-state index in [0.717, 1.165) is 67.5 Å². The summed E-state index contributed by atoms with van der Waals surface area (Å²) < 4.78 is 3.08. The summed E-state index contributed by atoms with van der Waals surface area (Å²) in [6.07, 6.45) is 7.10. The molecule has 0 unspecified atom stereocenters. The first kappa shape index (κ1) is 18.1. The van der Waals surface area contributed by atoms with Gasteiger partial charge in [0.25, 0.3) is 5.56 Å². The molecule has 3 heterocycles. The molecule has 1 amide bonds. The maximum atomic E-state index is 13.4. The molecule has 1 aromatic carbocycles. The Hall–Kier alpha value is -2.96. The number of nitrogens with zero attached hydrogens (tertiary/aromatic N) is 5. The molecule has 1 saturated heterocycles. The molecule has 7 nitrogen and oxygen atoms in total. The molecule has 2 aliphatic rings. The van der Waals surface area contributed by atoms with Crippen LogP contribution >= 0.6 is 0 Å². The fraction of sp³-hybridized carbons (Fsp3) is 0.455. The number of piperidine rings is 1. The minimum atomic E-state index is -0.254. The maximum absolute atomic E-state index is 13.4. The summed E-state index contributed by atoms with van der Waals surface area (Å²) in [4.78, 5) is 28.0. The number of hydrogen-bond donors (Lipinski definition) is 0. The van der Waals surface area contributed by atoms with E-state index in [1.165, 1.54) is 4.68 Å². The number of aryl methyl sites for hydroxylation is 1. The summed E-state index contributed by atoms with van der Waals surface area (Å²) in [5.41, 5.74) is 3.07. The first-order valence-electron chi connectivity index (χ1n) is 10.5. The van der Waals surface area contributed by atoms with E-state index in [4.69, 9.17) is 0 Å². The van der Waals surface area contributed by atoms with E-state index in [1.54, 1.807) is 10.9 Å². The second-order valence-electron chi connectivity index (χ2n) is 8.17. The van der Waals surface area contributed by atoms with E-state index in [-0.39, 0.29) is 18.0 Å². The average Bonchev–Trinajstić information content (AvgIpc) is 3.49. The smallest absolute Gasteiger partial charge is 0.293 e. The van der Waals surface area contributed by atoms with Crippen LogP contribution in [0.5, 0.6) is 0 Å². The Morgan fingerprint density at radius 1 is 1.14 bits per heavy atom. The number of carbonyl (C=O) groups is 1. The first-order chi connectivity index (χ1) is 14.1. The van der Waals surface area contributed by atoms with Crippen molar-refractivity contribution in [2.24, 2.45) is 0 Å². The van der Waals surface area contributed by atoms with Crippen LogP contribution in [0.25, 0.3) is 16.6 Å². The molecule has 1 aliphatic carbocycles. The highest BCUT2D eigenvalue weighted by Crippen LogP contribution is 2.41. The second-order valence-corrected chi connectivity index (χ2v) is 8.17. The van der Waals surface area contributed by atoms with Crippen LogP contribution in [0.3, 0.4) is 0 Å². The Kier molecular flexibility index (Phi) is 4.45. The predicted octanol–water partition coefficient (Wildman–Crippen LogP) is 2.78. The Morgan fingerprint density at radius 2 is 1.90 bits per heavy atom. The van der Waals surface area contributed by atoms with Gasteiger partial charge in [0.1, 0.15) is 12.1 Å². The second kappa shape index (κ2) is 7.13. The lowest BCUT2D eigenvalue weighted by Crippen LogP contribution is -2.40. The Balaban J connectivity index is 1.62. The summed E-state index contributed by atoms with van der Waals surface area (Å²) in [6, 6.07) is 7.88. The molecule has 0 atom stereocenters. The standard InChI is InChI=1S/C22H25N5O2/c1-15-7-3-4-8-18(15)27-21-17(13-23-27)20(16-9-10-16)24-26(22(21)29)14-19(28)25-11-5-2-6-12-25/h3-4,7-8,13,16H,2,5-6,9-12,14H2,1H3. The lowest BCUT2D eigenvalue weighted by atomic mass is 10.1. The van der Waals surface area contributed by atoms with E-state index in [0.29, 0.717) is 11.4 Å². The molecule has 0 N–H and O–H groups in total. The number of benzene rings is 1. The van der Waals surface area contributed by atoms with Gasteiger partial charge in [0.05, 0.1) is 17.6 Å². The van der Waals surface area contributed by atoms with E-state index in [9.17, 15) is 9.59 Å². The first-order valence-corrected chi connectivity index (χ1v) is 10.5. The number of amides is 1. The van der Waals surface area contributed by atoms with Crippen LogP contribution in [-0.4, -0.2) is 43.5 Å². The summed E-state index contributed by atoms with van der Waals surface area (Å²) in [5.74, 6) is 0.325. The molecule has 1 aliphatic heterocycles. The van der Waals surface area contributed by atoms with E-state index in [1.807, 2.05) is 36.1 Å². The molecule has 0 spiro atoms. The number of aromatic nitrogens is 4. The molecule has 29 heavy (non-hydrogen) atoms. The van der Waals surface area contributed by atoms with Crippen LogP contribution in [-0.2, 0) is 11.3 Å². The monoisotopic (exact) mass is 391 g/mol. The number of fused-ring (bicyclic) bond motifs is 1. The van der Waals surface area contributed by atoms with Crippen LogP contribution in [0.1, 0.15) is 49.3 Å². The van der Waals surface area contributed by atoms with Crippen molar-refractivity contribution in [2.45, 2.75) is 51.5 Å². The average molecular weight is 391 g/mol. The van der Waals surface area contributed by atoms with Gasteiger partial charge >= 0.3 is 0 Å². The van der Waals surface area contributed by atoms with Gasteiger partial charge in [-0.05, 0) is 50.7 Å². The van der Waals surface area contributed by atoms with Gasteiger partial charge in [0, 0.05) is 24.4 Å².